The van der Waals surface area contributed by atoms with Crippen LogP contribution < -0.4 is 20.4 Å². The number of nitrogens with one attached hydrogen (secondary N) is 2. The minimum Gasteiger partial charge on any atom is -0.488 e. The van der Waals surface area contributed by atoms with E-state index >= 15 is 0 Å². The third kappa shape index (κ3) is 7.27. The lowest BCUT2D eigenvalue weighted by Crippen LogP contribution is -2.34. The van der Waals surface area contributed by atoms with E-state index in [2.05, 4.69) is 57.5 Å². The number of piperidine rings is 1. The molecular formula is C31H32Cl2FN7O. The molecule has 1 aromatic heterocycles. The summed E-state index contributed by atoms with van der Waals surface area (Å²) >= 11 is 12.4. The van der Waals surface area contributed by atoms with Crippen LogP contribution in [0.2, 0.25) is 10.0 Å². The first-order chi connectivity index (χ1) is 20.3. The van der Waals surface area contributed by atoms with E-state index in [0.717, 1.165) is 37.2 Å². The van der Waals surface area contributed by atoms with Crippen molar-refractivity contribution in [2.24, 2.45) is 11.0 Å². The number of aryl methyl sites for hydroxylation is 1. The van der Waals surface area contributed by atoms with Crippen LogP contribution in [0.3, 0.4) is 0 Å². The molecule has 42 heavy (non-hydrogen) atoms. The van der Waals surface area contributed by atoms with Crippen molar-refractivity contribution in [1.82, 2.24) is 15.0 Å². The maximum Gasteiger partial charge on any atom is 0.250 e. The van der Waals surface area contributed by atoms with Gasteiger partial charge in [0, 0.05) is 34.9 Å². The smallest absolute Gasteiger partial charge is 0.250 e. The summed E-state index contributed by atoms with van der Waals surface area (Å²) in [6.45, 7) is 8.06. The summed E-state index contributed by atoms with van der Waals surface area (Å²) in [6.07, 6.45) is 3.69. The monoisotopic (exact) mass is 607 g/mol. The maximum atomic E-state index is 14.3. The Labute approximate surface area is 255 Å². The summed E-state index contributed by atoms with van der Waals surface area (Å²) in [6, 6.07) is 15.7. The lowest BCUT2D eigenvalue weighted by atomic mass is 10.00. The van der Waals surface area contributed by atoms with Crippen molar-refractivity contribution < 1.29 is 9.13 Å². The van der Waals surface area contributed by atoms with Crippen molar-refractivity contribution in [2.75, 3.05) is 28.7 Å². The van der Waals surface area contributed by atoms with Crippen molar-refractivity contribution in [3.63, 3.8) is 0 Å². The molecular weight excluding hydrogens is 576 g/mol. The van der Waals surface area contributed by atoms with Crippen molar-refractivity contribution >= 4 is 52.9 Å². The summed E-state index contributed by atoms with van der Waals surface area (Å²) < 4.78 is 20.2. The lowest BCUT2D eigenvalue weighted by Gasteiger charge is -2.30. The van der Waals surface area contributed by atoms with Gasteiger partial charge < -0.3 is 15.0 Å². The standard InChI is InChI=1S/C31H32Cl2FN7O/c1-19-12-14-41(15-13-19)31-38-29(36-27-9-4-6-20(2)21(27)3)37-30(39-31)40-35-17-22-16-23(32)10-11-28(22)42-18-24-25(33)7-5-8-26(24)34/h4-11,16-17,19H,12-15,18H2,1-3H3,(H2,36,37,38,39,40)/b35-17-. The normalized spacial score (nSPS) is 13.9. The van der Waals surface area contributed by atoms with Gasteiger partial charge in [-0.2, -0.15) is 20.1 Å². The van der Waals surface area contributed by atoms with Gasteiger partial charge in [0.25, 0.3) is 0 Å². The first kappa shape index (κ1) is 29.5. The Balaban J connectivity index is 1.38. The zero-order valence-electron chi connectivity index (χ0n) is 23.7. The third-order valence-corrected chi connectivity index (χ3v) is 7.90. The van der Waals surface area contributed by atoms with Gasteiger partial charge in [-0.25, -0.2) is 9.82 Å². The number of anilines is 4. The third-order valence-electron chi connectivity index (χ3n) is 7.31. The summed E-state index contributed by atoms with van der Waals surface area (Å²) in [4.78, 5) is 16.1. The van der Waals surface area contributed by atoms with Crippen LogP contribution >= 0.6 is 23.2 Å². The Hall–Kier alpha value is -3.95. The fourth-order valence-electron chi connectivity index (χ4n) is 4.56. The number of nitrogens with zero attached hydrogens (tertiary/aromatic N) is 5. The van der Waals surface area contributed by atoms with Crippen molar-refractivity contribution in [1.29, 1.82) is 0 Å². The Morgan fingerprint density at radius 3 is 2.57 bits per heavy atom. The summed E-state index contributed by atoms with van der Waals surface area (Å²) in [5.74, 6) is 1.97. The second kappa shape index (κ2) is 13.4. The zero-order valence-corrected chi connectivity index (χ0v) is 25.2. The van der Waals surface area contributed by atoms with E-state index in [1.165, 1.54) is 11.6 Å². The molecule has 5 rings (SSSR count). The van der Waals surface area contributed by atoms with Crippen molar-refractivity contribution in [2.45, 2.75) is 40.2 Å². The summed E-state index contributed by atoms with van der Waals surface area (Å²) in [5.41, 5.74) is 6.98. The van der Waals surface area contributed by atoms with E-state index < -0.39 is 5.82 Å². The Morgan fingerprint density at radius 1 is 1.02 bits per heavy atom. The van der Waals surface area contributed by atoms with Crippen LogP contribution in [0.1, 0.15) is 42.0 Å². The molecule has 11 heteroatoms. The maximum absolute atomic E-state index is 14.3. The van der Waals surface area contributed by atoms with Gasteiger partial charge in [-0.1, -0.05) is 48.3 Å². The predicted octanol–water partition coefficient (Wildman–Crippen LogP) is 7.94. The molecule has 0 saturated carbocycles. The quantitative estimate of drug-likeness (QED) is 0.147. The molecule has 0 bridgehead atoms. The van der Waals surface area contributed by atoms with Crippen LogP contribution in [-0.4, -0.2) is 34.3 Å². The largest absolute Gasteiger partial charge is 0.488 e. The fraction of sp³-hybridized carbons (Fsp3) is 0.290. The first-order valence-electron chi connectivity index (χ1n) is 13.8. The van der Waals surface area contributed by atoms with E-state index in [-0.39, 0.29) is 18.1 Å². The van der Waals surface area contributed by atoms with Crippen LogP contribution in [0.4, 0.5) is 27.9 Å². The van der Waals surface area contributed by atoms with Crippen molar-refractivity contribution in [3.05, 3.63) is 92.7 Å². The minimum atomic E-state index is -0.438. The number of halogens is 3. The van der Waals surface area contributed by atoms with Crippen LogP contribution in [0.15, 0.2) is 59.7 Å². The molecule has 0 spiro atoms. The van der Waals surface area contributed by atoms with Crippen LogP contribution in [0.25, 0.3) is 0 Å². The van der Waals surface area contributed by atoms with E-state index in [0.29, 0.717) is 39.2 Å². The second-order valence-corrected chi connectivity index (χ2v) is 11.2. The van der Waals surface area contributed by atoms with Crippen LogP contribution in [0.5, 0.6) is 5.75 Å². The minimum absolute atomic E-state index is 0.0555. The molecule has 4 aromatic rings. The Kier molecular flexibility index (Phi) is 9.39. The summed E-state index contributed by atoms with van der Waals surface area (Å²) in [7, 11) is 0. The van der Waals surface area contributed by atoms with Crippen LogP contribution in [0, 0.1) is 25.6 Å². The number of benzene rings is 3. The molecule has 2 heterocycles. The van der Waals surface area contributed by atoms with Gasteiger partial charge in [0.2, 0.25) is 17.8 Å². The highest BCUT2D eigenvalue weighted by atomic mass is 35.5. The molecule has 218 valence electrons. The molecule has 1 aliphatic heterocycles. The van der Waals surface area contributed by atoms with E-state index in [4.69, 9.17) is 32.9 Å². The molecule has 0 amide bonds. The fourth-order valence-corrected chi connectivity index (χ4v) is 4.96. The number of hydrogen-bond donors (Lipinski definition) is 2. The zero-order chi connectivity index (χ0) is 29.6. The van der Waals surface area contributed by atoms with Gasteiger partial charge >= 0.3 is 0 Å². The number of ether oxygens (including phenoxy) is 1. The number of aromatic nitrogens is 3. The van der Waals surface area contributed by atoms with E-state index in [9.17, 15) is 4.39 Å². The Bertz CT molecular complexity index is 1570. The average molecular weight is 609 g/mol. The topological polar surface area (TPSA) is 87.6 Å². The molecule has 0 atom stereocenters. The highest BCUT2D eigenvalue weighted by Gasteiger charge is 2.20. The van der Waals surface area contributed by atoms with Gasteiger partial charge in [0.15, 0.2) is 0 Å². The van der Waals surface area contributed by atoms with Gasteiger partial charge in [0.05, 0.1) is 11.2 Å². The van der Waals surface area contributed by atoms with E-state index in [1.807, 2.05) is 12.1 Å². The number of rotatable bonds is 9. The van der Waals surface area contributed by atoms with Gasteiger partial charge in [-0.15, -0.1) is 0 Å². The molecule has 1 fully saturated rings. The van der Waals surface area contributed by atoms with Gasteiger partial charge in [-0.3, -0.25) is 0 Å². The molecule has 8 nitrogen and oxygen atoms in total. The highest BCUT2D eigenvalue weighted by Crippen LogP contribution is 2.27. The SMILES string of the molecule is Cc1cccc(Nc2nc(N/N=C\c3cc(Cl)ccc3OCc3c(F)cccc3Cl)nc(N3CCC(C)CC3)n2)c1C. The van der Waals surface area contributed by atoms with Gasteiger partial charge in [0.1, 0.15) is 18.2 Å². The molecule has 3 aromatic carbocycles. The molecule has 1 saturated heterocycles. The molecule has 1 aliphatic rings. The Morgan fingerprint density at radius 2 is 1.79 bits per heavy atom. The van der Waals surface area contributed by atoms with Crippen molar-refractivity contribution in [3.8, 4) is 5.75 Å². The van der Waals surface area contributed by atoms with Gasteiger partial charge in [-0.05, 0) is 80.1 Å². The first-order valence-corrected chi connectivity index (χ1v) is 14.5. The highest BCUT2D eigenvalue weighted by molar-refractivity contribution is 6.31. The summed E-state index contributed by atoms with van der Waals surface area (Å²) in [5, 5.41) is 8.50. The number of hydrogen-bond acceptors (Lipinski definition) is 8. The molecule has 0 radical (unpaired) electrons. The second-order valence-electron chi connectivity index (χ2n) is 10.4. The average Bonchev–Trinajstić information content (AvgIpc) is 2.96. The number of hydrazone groups is 1. The molecule has 2 N–H and O–H groups in total. The van der Waals surface area contributed by atoms with E-state index in [1.54, 1.807) is 36.5 Å². The lowest BCUT2D eigenvalue weighted by molar-refractivity contribution is 0.299. The molecule has 0 aliphatic carbocycles. The predicted molar refractivity (Wildman–Crippen MR) is 168 cm³/mol. The molecule has 0 unspecified atom stereocenters. The van der Waals surface area contributed by atoms with Crippen LogP contribution in [-0.2, 0) is 6.61 Å².